The smallest absolute Gasteiger partial charge is 0.236 e. The average Bonchev–Trinajstić information content (AvgIpc) is 2.79. The third-order valence-electron chi connectivity index (χ3n) is 3.54. The number of hydrogen-bond acceptors (Lipinski definition) is 5. The molecule has 1 aromatic carbocycles. The summed E-state index contributed by atoms with van der Waals surface area (Å²) >= 11 is 1.67. The number of amides is 1. The second-order valence-corrected chi connectivity index (χ2v) is 6.31. The summed E-state index contributed by atoms with van der Waals surface area (Å²) in [5, 5.41) is 3.11. The summed E-state index contributed by atoms with van der Waals surface area (Å²) in [5.41, 5.74) is 1.06. The van der Waals surface area contributed by atoms with E-state index in [2.05, 4.69) is 5.32 Å². The van der Waals surface area contributed by atoms with Gasteiger partial charge < -0.3 is 19.7 Å². The quantitative estimate of drug-likeness (QED) is 0.869. The van der Waals surface area contributed by atoms with Gasteiger partial charge in [-0.1, -0.05) is 6.07 Å². The van der Waals surface area contributed by atoms with Gasteiger partial charge in [0.15, 0.2) is 11.5 Å². The van der Waals surface area contributed by atoms with Crippen molar-refractivity contribution >= 4 is 17.7 Å². The Morgan fingerprint density at radius 1 is 1.29 bits per heavy atom. The van der Waals surface area contributed by atoms with E-state index < -0.39 is 0 Å². The van der Waals surface area contributed by atoms with Gasteiger partial charge >= 0.3 is 0 Å². The topological polar surface area (TPSA) is 50.8 Å². The van der Waals surface area contributed by atoms with Crippen LogP contribution in [0.25, 0.3) is 0 Å². The molecule has 1 amide bonds. The van der Waals surface area contributed by atoms with Gasteiger partial charge in [0.1, 0.15) is 5.37 Å². The minimum Gasteiger partial charge on any atom is -0.493 e. The molecule has 6 heteroatoms. The molecule has 1 aromatic rings. The Balaban J connectivity index is 2.28. The van der Waals surface area contributed by atoms with Gasteiger partial charge in [-0.05, 0) is 31.7 Å². The monoisotopic (exact) mass is 310 g/mol. The summed E-state index contributed by atoms with van der Waals surface area (Å²) < 4.78 is 10.6. The van der Waals surface area contributed by atoms with Crippen LogP contribution in [-0.4, -0.2) is 50.4 Å². The van der Waals surface area contributed by atoms with E-state index in [1.54, 1.807) is 26.0 Å². The van der Waals surface area contributed by atoms with Crippen LogP contribution in [0.3, 0.4) is 0 Å². The maximum atomic E-state index is 12.3. The lowest BCUT2D eigenvalue weighted by atomic mass is 10.1. The molecule has 5 nitrogen and oxygen atoms in total. The summed E-state index contributed by atoms with van der Waals surface area (Å²) in [4.78, 5) is 14.2. The minimum atomic E-state index is -0.0139. The molecule has 0 spiro atoms. The molecule has 0 saturated carbocycles. The Morgan fingerprint density at radius 2 is 2.00 bits per heavy atom. The van der Waals surface area contributed by atoms with Crippen molar-refractivity contribution in [1.82, 2.24) is 10.2 Å². The van der Waals surface area contributed by atoms with E-state index in [-0.39, 0.29) is 16.5 Å². The Hall–Kier alpha value is -1.40. The predicted octanol–water partition coefficient (Wildman–Crippen LogP) is 1.89. The van der Waals surface area contributed by atoms with Crippen LogP contribution < -0.4 is 14.8 Å². The zero-order valence-corrected chi connectivity index (χ0v) is 13.7. The maximum Gasteiger partial charge on any atom is 0.236 e. The fourth-order valence-electron chi connectivity index (χ4n) is 2.40. The largest absolute Gasteiger partial charge is 0.493 e. The average molecular weight is 310 g/mol. The Kier molecular flexibility index (Phi) is 5.36. The second kappa shape index (κ2) is 7.04. The summed E-state index contributed by atoms with van der Waals surface area (Å²) in [6.45, 7) is 3.44. The van der Waals surface area contributed by atoms with Gasteiger partial charge in [0.2, 0.25) is 5.91 Å². The number of nitrogens with one attached hydrogen (secondary N) is 1. The van der Waals surface area contributed by atoms with Gasteiger partial charge in [0.25, 0.3) is 0 Å². The molecule has 0 radical (unpaired) electrons. The minimum absolute atomic E-state index is 0.0139. The molecule has 0 aliphatic carbocycles. The van der Waals surface area contributed by atoms with Gasteiger partial charge in [0.05, 0.1) is 19.5 Å². The number of benzene rings is 1. The van der Waals surface area contributed by atoms with E-state index in [9.17, 15) is 4.79 Å². The van der Waals surface area contributed by atoms with Gasteiger partial charge in [-0.2, -0.15) is 0 Å². The molecule has 2 atom stereocenters. The highest BCUT2D eigenvalue weighted by atomic mass is 32.2. The van der Waals surface area contributed by atoms with E-state index in [0.29, 0.717) is 18.0 Å². The second-order valence-electron chi connectivity index (χ2n) is 4.88. The molecule has 1 fully saturated rings. The fourth-order valence-corrected chi connectivity index (χ4v) is 3.70. The van der Waals surface area contributed by atoms with Crippen LogP contribution in [0.15, 0.2) is 18.2 Å². The van der Waals surface area contributed by atoms with Crippen molar-refractivity contribution in [3.63, 3.8) is 0 Å². The molecule has 1 aliphatic heterocycles. The molecular formula is C15H22N2O3S. The molecule has 1 heterocycles. The van der Waals surface area contributed by atoms with E-state index in [1.807, 2.05) is 37.1 Å². The summed E-state index contributed by atoms with van der Waals surface area (Å²) in [5.74, 6) is 1.58. The number of ether oxygens (including phenoxy) is 2. The number of carbonyl (C=O) groups excluding carboxylic acids is 1. The molecule has 21 heavy (non-hydrogen) atoms. The Labute approximate surface area is 130 Å². The van der Waals surface area contributed by atoms with Crippen molar-refractivity contribution in [1.29, 1.82) is 0 Å². The highest BCUT2D eigenvalue weighted by molar-refractivity contribution is 8.01. The van der Waals surface area contributed by atoms with Crippen molar-refractivity contribution in [2.75, 3.05) is 34.4 Å². The van der Waals surface area contributed by atoms with Gasteiger partial charge in [0, 0.05) is 13.1 Å². The van der Waals surface area contributed by atoms with Crippen molar-refractivity contribution in [3.8, 4) is 11.5 Å². The molecule has 0 bridgehead atoms. The predicted molar refractivity (Wildman–Crippen MR) is 85.0 cm³/mol. The summed E-state index contributed by atoms with van der Waals surface area (Å²) in [6, 6.07) is 5.84. The fraction of sp³-hybridized carbons (Fsp3) is 0.533. The summed E-state index contributed by atoms with van der Waals surface area (Å²) in [6.07, 6.45) is 0. The number of methoxy groups -OCH3 is 2. The number of likely N-dealkylation sites (N-methyl/N-ethyl adjacent to an activating group) is 1. The lowest BCUT2D eigenvalue weighted by molar-refractivity contribution is -0.129. The lowest BCUT2D eigenvalue weighted by Gasteiger charge is -2.24. The van der Waals surface area contributed by atoms with Crippen LogP contribution in [0.4, 0.5) is 0 Å². The zero-order chi connectivity index (χ0) is 15.4. The standard InChI is InChI=1S/C15H22N2O3S/c1-10-14(18)17(8-7-16-2)15(21-10)11-5-6-12(19-3)13(9-11)20-4/h5-6,9-10,15-16H,7-8H2,1-4H3/t10-,15+/m1/s1. The highest BCUT2D eigenvalue weighted by Gasteiger charge is 2.38. The Morgan fingerprint density at radius 3 is 2.62 bits per heavy atom. The number of rotatable bonds is 6. The third kappa shape index (κ3) is 3.27. The SMILES string of the molecule is CNCCN1C(=O)[C@@H](C)S[C@H]1c1ccc(OC)c(OC)c1. The van der Waals surface area contributed by atoms with Crippen LogP contribution >= 0.6 is 11.8 Å². The van der Waals surface area contributed by atoms with Crippen molar-refractivity contribution in [3.05, 3.63) is 23.8 Å². The molecular weight excluding hydrogens is 288 g/mol. The van der Waals surface area contributed by atoms with E-state index >= 15 is 0 Å². The number of hydrogen-bond donors (Lipinski definition) is 1. The molecule has 1 N–H and O–H groups in total. The Bertz CT molecular complexity index is 510. The molecule has 1 saturated heterocycles. The number of thioether (sulfide) groups is 1. The maximum absolute atomic E-state index is 12.3. The number of carbonyl (C=O) groups is 1. The molecule has 0 unspecified atom stereocenters. The van der Waals surface area contributed by atoms with Crippen molar-refractivity contribution in [2.45, 2.75) is 17.5 Å². The first-order chi connectivity index (χ1) is 10.1. The van der Waals surface area contributed by atoms with E-state index in [1.165, 1.54) is 0 Å². The van der Waals surface area contributed by atoms with Crippen LogP contribution in [-0.2, 0) is 4.79 Å². The van der Waals surface area contributed by atoms with Crippen molar-refractivity contribution in [2.24, 2.45) is 0 Å². The van der Waals surface area contributed by atoms with Gasteiger partial charge in [-0.25, -0.2) is 0 Å². The summed E-state index contributed by atoms with van der Waals surface area (Å²) in [7, 11) is 5.13. The lowest BCUT2D eigenvalue weighted by Crippen LogP contribution is -2.35. The molecule has 2 rings (SSSR count). The van der Waals surface area contributed by atoms with Crippen LogP contribution in [0, 0.1) is 0 Å². The first kappa shape index (κ1) is 16.0. The molecule has 1 aliphatic rings. The first-order valence-corrected chi connectivity index (χ1v) is 7.89. The normalized spacial score (nSPS) is 21.7. The first-order valence-electron chi connectivity index (χ1n) is 6.94. The van der Waals surface area contributed by atoms with E-state index in [4.69, 9.17) is 9.47 Å². The van der Waals surface area contributed by atoms with Gasteiger partial charge in [-0.3, -0.25) is 4.79 Å². The zero-order valence-electron chi connectivity index (χ0n) is 12.9. The highest BCUT2D eigenvalue weighted by Crippen LogP contribution is 2.44. The van der Waals surface area contributed by atoms with Crippen LogP contribution in [0.5, 0.6) is 11.5 Å². The molecule has 0 aromatic heterocycles. The van der Waals surface area contributed by atoms with Gasteiger partial charge in [-0.15, -0.1) is 11.8 Å². The van der Waals surface area contributed by atoms with Crippen LogP contribution in [0.2, 0.25) is 0 Å². The van der Waals surface area contributed by atoms with Crippen molar-refractivity contribution < 1.29 is 14.3 Å². The van der Waals surface area contributed by atoms with Crippen LogP contribution in [0.1, 0.15) is 17.9 Å². The third-order valence-corrected chi connectivity index (χ3v) is 4.94. The molecule has 116 valence electrons. The number of nitrogens with zero attached hydrogens (tertiary/aromatic N) is 1. The van der Waals surface area contributed by atoms with E-state index in [0.717, 1.165) is 12.1 Å².